The first-order chi connectivity index (χ1) is 8.09. The van der Waals surface area contributed by atoms with Gasteiger partial charge in [-0.3, -0.25) is 0 Å². The smallest absolute Gasteiger partial charge is 0.147 e. The molecule has 3 aromatic rings. The summed E-state index contributed by atoms with van der Waals surface area (Å²) >= 11 is 13.8. The highest BCUT2D eigenvalue weighted by Gasteiger charge is 2.16. The fourth-order valence-corrected chi connectivity index (χ4v) is 3.46. The Bertz CT molecular complexity index is 751. The summed E-state index contributed by atoms with van der Waals surface area (Å²) in [5, 5.41) is 11.3. The highest BCUT2D eigenvalue weighted by Crippen LogP contribution is 2.41. The second-order valence-corrected chi connectivity index (χ2v) is 5.56. The van der Waals surface area contributed by atoms with E-state index >= 15 is 0 Å². The summed E-state index contributed by atoms with van der Waals surface area (Å²) in [6, 6.07) is 0. The van der Waals surface area contributed by atoms with Gasteiger partial charge in [-0.15, -0.1) is 16.4 Å². The number of hydrogen-bond acceptors (Lipinski definition) is 4. The summed E-state index contributed by atoms with van der Waals surface area (Å²) in [6.07, 6.45) is 1.58. The molecule has 3 rings (SSSR count). The number of hydrogen-bond donors (Lipinski definition) is 0. The van der Waals surface area contributed by atoms with Crippen molar-refractivity contribution in [2.45, 2.75) is 13.8 Å². The predicted molar refractivity (Wildman–Crippen MR) is 72.2 cm³/mol. The number of thiophene rings is 1. The maximum Gasteiger partial charge on any atom is 0.147 e. The van der Waals surface area contributed by atoms with Crippen LogP contribution in [0.2, 0.25) is 10.2 Å². The number of halogens is 2. The summed E-state index contributed by atoms with van der Waals surface area (Å²) in [7, 11) is 0. The van der Waals surface area contributed by atoms with Gasteiger partial charge in [0.05, 0.1) is 15.4 Å². The molecule has 0 unspecified atom stereocenters. The van der Waals surface area contributed by atoms with Crippen molar-refractivity contribution in [1.82, 2.24) is 15.2 Å². The van der Waals surface area contributed by atoms with Crippen LogP contribution in [0.5, 0.6) is 0 Å². The Morgan fingerprint density at radius 1 is 1.12 bits per heavy atom. The van der Waals surface area contributed by atoms with Crippen molar-refractivity contribution in [2.75, 3.05) is 0 Å². The van der Waals surface area contributed by atoms with Gasteiger partial charge in [0.25, 0.3) is 0 Å². The molecule has 0 N–H and O–H groups in total. The first-order valence-corrected chi connectivity index (χ1v) is 6.53. The van der Waals surface area contributed by atoms with E-state index in [1.807, 2.05) is 13.8 Å². The van der Waals surface area contributed by atoms with Crippen LogP contribution >= 0.6 is 34.5 Å². The third-order valence-electron chi connectivity index (χ3n) is 2.82. The molecule has 6 heteroatoms. The summed E-state index contributed by atoms with van der Waals surface area (Å²) in [4.78, 5) is 4.90. The molecular weight excluding hydrogens is 277 g/mol. The van der Waals surface area contributed by atoms with Crippen molar-refractivity contribution >= 4 is 54.8 Å². The molecule has 0 fully saturated rings. The predicted octanol–water partition coefficient (Wildman–Crippen LogP) is 4.16. The quantitative estimate of drug-likeness (QED) is 0.582. The highest BCUT2D eigenvalue weighted by atomic mass is 35.5. The normalized spacial score (nSPS) is 11.5. The van der Waals surface area contributed by atoms with E-state index in [0.717, 1.165) is 31.6 Å². The molecule has 3 nitrogen and oxygen atoms in total. The van der Waals surface area contributed by atoms with E-state index in [1.165, 1.54) is 11.3 Å². The fraction of sp³-hybridized carbons (Fsp3) is 0.182. The van der Waals surface area contributed by atoms with E-state index in [4.69, 9.17) is 23.2 Å². The lowest BCUT2D eigenvalue weighted by molar-refractivity contribution is 1.01. The van der Waals surface area contributed by atoms with Gasteiger partial charge in [-0.05, 0) is 19.4 Å². The molecule has 0 saturated carbocycles. The first-order valence-electron chi connectivity index (χ1n) is 4.95. The molecule has 0 radical (unpaired) electrons. The summed E-state index contributed by atoms with van der Waals surface area (Å²) in [5.74, 6) is 0. The molecule has 0 atom stereocenters. The van der Waals surface area contributed by atoms with Gasteiger partial charge in [0.1, 0.15) is 9.98 Å². The third-order valence-corrected chi connectivity index (χ3v) is 4.58. The lowest BCUT2D eigenvalue weighted by Gasteiger charge is -2.01. The molecule has 0 amide bonds. The summed E-state index contributed by atoms with van der Waals surface area (Å²) in [6.45, 7) is 3.95. The lowest BCUT2D eigenvalue weighted by atomic mass is 10.1. The zero-order valence-electron chi connectivity index (χ0n) is 9.08. The molecule has 0 aromatic carbocycles. The SMILES string of the molecule is Cc1nnc2sc3c(Cl)ncc(Cl)c3c2c1C. The number of aromatic nitrogens is 3. The van der Waals surface area contributed by atoms with Gasteiger partial charge in [-0.25, -0.2) is 4.98 Å². The molecule has 86 valence electrons. The Morgan fingerprint density at radius 3 is 2.65 bits per heavy atom. The van der Waals surface area contributed by atoms with Crippen LogP contribution in [0.3, 0.4) is 0 Å². The van der Waals surface area contributed by atoms with Gasteiger partial charge in [-0.2, -0.15) is 5.10 Å². The van der Waals surface area contributed by atoms with E-state index in [0.29, 0.717) is 10.2 Å². The maximum atomic E-state index is 6.21. The molecule has 3 aromatic heterocycles. The summed E-state index contributed by atoms with van der Waals surface area (Å²) < 4.78 is 0.872. The Kier molecular flexibility index (Phi) is 2.47. The fourth-order valence-electron chi connectivity index (χ4n) is 1.82. The van der Waals surface area contributed by atoms with Crippen LogP contribution in [-0.4, -0.2) is 15.2 Å². The van der Waals surface area contributed by atoms with Gasteiger partial charge in [0.15, 0.2) is 0 Å². The molecule has 0 aliphatic rings. The van der Waals surface area contributed by atoms with Crippen LogP contribution in [0.1, 0.15) is 11.3 Å². The average molecular weight is 284 g/mol. The van der Waals surface area contributed by atoms with Crippen molar-refractivity contribution in [2.24, 2.45) is 0 Å². The van der Waals surface area contributed by atoms with Crippen molar-refractivity contribution in [3.8, 4) is 0 Å². The minimum absolute atomic E-state index is 0.462. The van der Waals surface area contributed by atoms with Crippen molar-refractivity contribution in [3.63, 3.8) is 0 Å². The largest absolute Gasteiger partial charge is 0.241 e. The number of fused-ring (bicyclic) bond motifs is 3. The molecular formula is C11H7Cl2N3S. The standard InChI is InChI=1S/C11H7Cl2N3S/c1-4-5(2)15-16-11-7(4)8-6(12)3-14-10(13)9(8)17-11/h3H,1-2H3. The van der Waals surface area contributed by atoms with Gasteiger partial charge in [-0.1, -0.05) is 23.2 Å². The summed E-state index contributed by atoms with van der Waals surface area (Å²) in [5.41, 5.74) is 1.99. The Balaban J connectivity index is 2.67. The van der Waals surface area contributed by atoms with Crippen LogP contribution in [0.15, 0.2) is 6.20 Å². The number of rotatable bonds is 0. The van der Waals surface area contributed by atoms with E-state index in [9.17, 15) is 0 Å². The van der Waals surface area contributed by atoms with Crippen molar-refractivity contribution in [1.29, 1.82) is 0 Å². The minimum Gasteiger partial charge on any atom is -0.241 e. The van der Waals surface area contributed by atoms with Crippen molar-refractivity contribution in [3.05, 3.63) is 27.6 Å². The topological polar surface area (TPSA) is 38.7 Å². The molecule has 0 aliphatic carbocycles. The number of pyridine rings is 1. The zero-order chi connectivity index (χ0) is 12.2. The van der Waals surface area contributed by atoms with Crippen LogP contribution in [-0.2, 0) is 0 Å². The molecule has 17 heavy (non-hydrogen) atoms. The van der Waals surface area contributed by atoms with E-state index in [-0.39, 0.29) is 0 Å². The third kappa shape index (κ3) is 1.52. The van der Waals surface area contributed by atoms with E-state index in [1.54, 1.807) is 6.20 Å². The molecule has 0 aliphatic heterocycles. The highest BCUT2D eigenvalue weighted by molar-refractivity contribution is 7.26. The van der Waals surface area contributed by atoms with Crippen LogP contribution in [0.4, 0.5) is 0 Å². The first kappa shape index (κ1) is 11.1. The molecule has 3 heterocycles. The van der Waals surface area contributed by atoms with Gasteiger partial charge < -0.3 is 0 Å². The minimum atomic E-state index is 0.462. The molecule has 0 spiro atoms. The van der Waals surface area contributed by atoms with Gasteiger partial charge in [0.2, 0.25) is 0 Å². The van der Waals surface area contributed by atoms with Gasteiger partial charge in [0, 0.05) is 17.0 Å². The van der Waals surface area contributed by atoms with E-state index in [2.05, 4.69) is 15.2 Å². The number of nitrogens with zero attached hydrogens (tertiary/aromatic N) is 3. The van der Waals surface area contributed by atoms with Crippen LogP contribution in [0.25, 0.3) is 20.3 Å². The van der Waals surface area contributed by atoms with E-state index < -0.39 is 0 Å². The second-order valence-electron chi connectivity index (χ2n) is 3.79. The Hall–Kier alpha value is -0.970. The van der Waals surface area contributed by atoms with Crippen LogP contribution < -0.4 is 0 Å². The average Bonchev–Trinajstić information content (AvgIpc) is 2.70. The van der Waals surface area contributed by atoms with Crippen molar-refractivity contribution < 1.29 is 0 Å². The Morgan fingerprint density at radius 2 is 1.88 bits per heavy atom. The zero-order valence-corrected chi connectivity index (χ0v) is 11.4. The molecule has 0 saturated heterocycles. The molecule has 0 bridgehead atoms. The van der Waals surface area contributed by atoms with Crippen LogP contribution in [0, 0.1) is 13.8 Å². The lowest BCUT2D eigenvalue weighted by Crippen LogP contribution is -1.90. The van der Waals surface area contributed by atoms with Gasteiger partial charge >= 0.3 is 0 Å². The number of aryl methyl sites for hydroxylation is 2. The second kappa shape index (κ2) is 3.77. The maximum absolute atomic E-state index is 6.21. The monoisotopic (exact) mass is 283 g/mol. The Labute approximate surface area is 111 Å².